The number of fused-ring (bicyclic) bond motifs is 2. The van der Waals surface area contributed by atoms with Crippen LogP contribution in [0.15, 0.2) is 20.7 Å². The van der Waals surface area contributed by atoms with Crippen molar-refractivity contribution < 1.29 is 13.4 Å². The molecule has 4 rings (SSSR count). The van der Waals surface area contributed by atoms with Crippen LogP contribution in [0.1, 0.15) is 33.6 Å². The number of nitrogens with one attached hydrogen (secondary N) is 2. The number of halogens is 1. The second kappa shape index (κ2) is 6.97. The van der Waals surface area contributed by atoms with E-state index in [9.17, 15) is 13.4 Å². The molecule has 2 amide bonds. The number of nitrogens with two attached hydrogens (primary N) is 1. The molecule has 4 N–H and O–H groups in total. The second-order valence-electron chi connectivity index (χ2n) is 6.85. The molecule has 27 heavy (non-hydrogen) atoms. The lowest BCUT2D eigenvalue weighted by Gasteiger charge is -2.25. The molecule has 0 saturated heterocycles. The molecule has 9 heteroatoms. The third-order valence-electron chi connectivity index (χ3n) is 5.02. The summed E-state index contributed by atoms with van der Waals surface area (Å²) in [6.07, 6.45) is 4.88. The summed E-state index contributed by atoms with van der Waals surface area (Å²) in [5.41, 5.74) is 5.57. The van der Waals surface area contributed by atoms with Crippen LogP contribution < -0.4 is 15.8 Å². The van der Waals surface area contributed by atoms with Gasteiger partial charge in [-0.25, -0.2) is 18.5 Å². The molecular formula is C18H21FN4O2S2. The highest BCUT2D eigenvalue weighted by atomic mass is 32.2. The maximum Gasteiger partial charge on any atom is 0.354 e. The molecule has 1 atom stereocenters. The second-order valence-corrected chi connectivity index (χ2v) is 9.97. The van der Waals surface area contributed by atoms with Crippen LogP contribution in [0, 0.1) is 5.82 Å². The van der Waals surface area contributed by atoms with Gasteiger partial charge >= 0.3 is 6.03 Å². The molecule has 2 aliphatic carbocycles. The Hall–Kier alpha value is -1.81. The lowest BCUT2D eigenvalue weighted by Crippen LogP contribution is -2.21. The summed E-state index contributed by atoms with van der Waals surface area (Å²) < 4.78 is 30.3. The highest BCUT2D eigenvalue weighted by molar-refractivity contribution is 7.93. The summed E-state index contributed by atoms with van der Waals surface area (Å²) in [7, 11) is -1.92. The molecule has 1 aromatic carbocycles. The summed E-state index contributed by atoms with van der Waals surface area (Å²) >= 11 is 0.964. The van der Waals surface area contributed by atoms with Crippen molar-refractivity contribution in [2.24, 2.45) is 9.50 Å². The first kappa shape index (κ1) is 18.5. The third kappa shape index (κ3) is 3.40. The predicted molar refractivity (Wildman–Crippen MR) is 105 cm³/mol. The molecule has 0 spiro atoms. The van der Waals surface area contributed by atoms with Gasteiger partial charge in [0.2, 0.25) is 0 Å². The first-order valence-corrected chi connectivity index (χ1v) is 11.2. The molecular weight excluding hydrogens is 387 g/mol. The van der Waals surface area contributed by atoms with E-state index in [1.807, 2.05) is 0 Å². The number of hydrogen-bond acceptors (Lipinski definition) is 4. The molecule has 0 saturated carbocycles. The lowest BCUT2D eigenvalue weighted by atomic mass is 9.83. The van der Waals surface area contributed by atoms with Crippen LogP contribution in [0.5, 0.6) is 0 Å². The molecule has 144 valence electrons. The Bertz CT molecular complexity index is 1050. The fourth-order valence-electron chi connectivity index (χ4n) is 3.75. The Kier molecular flexibility index (Phi) is 4.79. The van der Waals surface area contributed by atoms with Gasteiger partial charge in [-0.05, 0) is 67.5 Å². The minimum absolute atomic E-state index is 0.200. The highest BCUT2D eigenvalue weighted by Crippen LogP contribution is 2.39. The molecule has 2 aliphatic rings. The summed E-state index contributed by atoms with van der Waals surface area (Å²) in [5.74, 6) is -0.695. The van der Waals surface area contributed by atoms with E-state index in [0.29, 0.717) is 11.4 Å². The first-order chi connectivity index (χ1) is 12.9. The van der Waals surface area contributed by atoms with Crippen molar-refractivity contribution in [1.29, 1.82) is 0 Å². The fraction of sp³-hybridized carbons (Fsp3) is 0.389. The van der Waals surface area contributed by atoms with E-state index in [4.69, 9.17) is 5.14 Å². The summed E-state index contributed by atoms with van der Waals surface area (Å²) in [6.45, 7) is 0.422. The number of carbonyl (C=O) groups excluding carboxylic acids is 1. The van der Waals surface area contributed by atoms with Crippen LogP contribution in [0.25, 0.3) is 0 Å². The van der Waals surface area contributed by atoms with Crippen LogP contribution in [0.3, 0.4) is 0 Å². The molecule has 6 nitrogen and oxygen atoms in total. The number of urea groups is 1. The molecule has 2 aromatic rings. The number of benzene rings is 1. The van der Waals surface area contributed by atoms with Gasteiger partial charge in [0.05, 0.1) is 0 Å². The standard InChI is InChI=1S/C18H21FN4O2S2/c1-21-9-12-8-15(19)17(26-12)27(20,25)23-18(24)22-16-13-4-2-3-10(13)7-11-5-6-14(11)16/h7-8,21H,2-6,9H2,1H3,(H3,20,22,23,24,25)/t27-/m1/s1. The smallest absolute Gasteiger partial charge is 0.315 e. The zero-order chi connectivity index (χ0) is 19.2. The Morgan fingerprint density at radius 3 is 2.70 bits per heavy atom. The molecule has 0 bridgehead atoms. The van der Waals surface area contributed by atoms with Crippen molar-refractivity contribution in [3.8, 4) is 0 Å². The molecule has 1 aromatic heterocycles. The largest absolute Gasteiger partial charge is 0.354 e. The van der Waals surface area contributed by atoms with Gasteiger partial charge in [0.1, 0.15) is 0 Å². The van der Waals surface area contributed by atoms with Gasteiger partial charge in [-0.15, -0.1) is 15.7 Å². The van der Waals surface area contributed by atoms with Crippen molar-refractivity contribution >= 4 is 33.0 Å². The Balaban J connectivity index is 1.64. The van der Waals surface area contributed by atoms with Crippen LogP contribution >= 0.6 is 11.3 Å². The minimum Gasteiger partial charge on any atom is -0.315 e. The molecule has 0 radical (unpaired) electrons. The van der Waals surface area contributed by atoms with E-state index in [1.165, 1.54) is 17.2 Å². The SMILES string of the molecule is CNCc1cc(F)c([S@](N)(=O)=NC(=O)Nc2c3c(cc4c2CC4)CCC3)s1. The molecule has 0 unspecified atom stereocenters. The van der Waals surface area contributed by atoms with Gasteiger partial charge in [-0.2, -0.15) is 0 Å². The summed E-state index contributed by atoms with van der Waals surface area (Å²) in [4.78, 5) is 13.1. The van der Waals surface area contributed by atoms with Gasteiger partial charge < -0.3 is 10.6 Å². The number of hydrogen-bond donors (Lipinski definition) is 3. The van der Waals surface area contributed by atoms with Gasteiger partial charge in [-0.1, -0.05) is 6.07 Å². The number of thiophene rings is 1. The van der Waals surface area contributed by atoms with Gasteiger partial charge in [0, 0.05) is 17.1 Å². The molecule has 0 aliphatic heterocycles. The quantitative estimate of drug-likeness (QED) is 0.725. The van der Waals surface area contributed by atoms with Gasteiger partial charge in [0.25, 0.3) is 0 Å². The van der Waals surface area contributed by atoms with E-state index in [-0.39, 0.29) is 4.21 Å². The number of carbonyl (C=O) groups is 1. The Labute approximate surface area is 161 Å². The highest BCUT2D eigenvalue weighted by Gasteiger charge is 2.27. The number of aryl methyl sites for hydroxylation is 2. The van der Waals surface area contributed by atoms with Crippen LogP contribution in [0.4, 0.5) is 14.9 Å². The number of amides is 2. The predicted octanol–water partition coefficient (Wildman–Crippen LogP) is 3.13. The van der Waals surface area contributed by atoms with Crippen molar-refractivity contribution in [1.82, 2.24) is 5.32 Å². The van der Waals surface area contributed by atoms with E-state index < -0.39 is 21.8 Å². The monoisotopic (exact) mass is 408 g/mol. The summed E-state index contributed by atoms with van der Waals surface area (Å²) in [5, 5.41) is 11.4. The van der Waals surface area contributed by atoms with Crippen molar-refractivity contribution in [2.75, 3.05) is 12.4 Å². The fourth-order valence-corrected chi connectivity index (χ4v) is 6.14. The maximum atomic E-state index is 14.1. The Morgan fingerprint density at radius 1 is 1.26 bits per heavy atom. The number of rotatable bonds is 4. The number of anilines is 1. The minimum atomic E-state index is -3.65. The average Bonchev–Trinajstić information content (AvgIpc) is 3.17. The maximum absolute atomic E-state index is 14.1. The zero-order valence-electron chi connectivity index (χ0n) is 14.9. The van der Waals surface area contributed by atoms with Crippen LogP contribution in [0.2, 0.25) is 0 Å². The first-order valence-electron chi connectivity index (χ1n) is 8.84. The molecule has 0 fully saturated rings. The molecule has 1 heterocycles. The number of nitrogens with zero attached hydrogens (tertiary/aromatic N) is 1. The van der Waals surface area contributed by atoms with E-state index in [0.717, 1.165) is 60.3 Å². The third-order valence-corrected chi connectivity index (χ3v) is 8.05. The van der Waals surface area contributed by atoms with Gasteiger partial charge in [0.15, 0.2) is 19.9 Å². The van der Waals surface area contributed by atoms with Crippen LogP contribution in [-0.2, 0) is 42.1 Å². The topological polar surface area (TPSA) is 96.6 Å². The Morgan fingerprint density at radius 2 is 2.00 bits per heavy atom. The summed E-state index contributed by atoms with van der Waals surface area (Å²) in [6, 6.07) is 2.70. The van der Waals surface area contributed by atoms with Crippen molar-refractivity contribution in [2.45, 2.75) is 42.9 Å². The van der Waals surface area contributed by atoms with Crippen LogP contribution in [-0.4, -0.2) is 17.3 Å². The van der Waals surface area contributed by atoms with E-state index in [2.05, 4.69) is 21.1 Å². The average molecular weight is 409 g/mol. The van der Waals surface area contributed by atoms with E-state index in [1.54, 1.807) is 7.05 Å². The zero-order valence-corrected chi connectivity index (χ0v) is 16.6. The van der Waals surface area contributed by atoms with Crippen molar-refractivity contribution in [3.63, 3.8) is 0 Å². The lowest BCUT2D eigenvalue weighted by molar-refractivity contribution is 0.260. The van der Waals surface area contributed by atoms with E-state index >= 15 is 0 Å². The normalized spacial score (nSPS) is 16.9. The van der Waals surface area contributed by atoms with Crippen molar-refractivity contribution in [3.05, 3.63) is 45.1 Å². The van der Waals surface area contributed by atoms with Gasteiger partial charge in [-0.3, -0.25) is 0 Å².